The predicted molar refractivity (Wildman–Crippen MR) is 213 cm³/mol. The molecule has 0 amide bonds. The van der Waals surface area contributed by atoms with E-state index < -0.39 is 5.41 Å². The number of hydrogen-bond donors (Lipinski definition) is 0. The van der Waals surface area contributed by atoms with Crippen molar-refractivity contribution in [2.45, 2.75) is 25.2 Å². The lowest BCUT2D eigenvalue weighted by Gasteiger charge is -2.39. The number of allylic oxidation sites excluding steroid dienone is 4. The molecule has 1 unspecified atom stereocenters. The molecule has 1 nitrogen and oxygen atoms in total. The van der Waals surface area contributed by atoms with Gasteiger partial charge in [-0.3, -0.25) is 0 Å². The first kappa shape index (κ1) is 28.6. The van der Waals surface area contributed by atoms with Gasteiger partial charge in [-0.05, 0) is 110 Å². The summed E-state index contributed by atoms with van der Waals surface area (Å²) in [5.74, 6) is 0. The molecule has 8 aromatic rings. The lowest BCUT2D eigenvalue weighted by molar-refractivity contribution is 0.748. The lowest BCUT2D eigenvalue weighted by atomic mass is 9.65. The van der Waals surface area contributed by atoms with Gasteiger partial charge < -0.3 is 4.57 Å². The highest BCUT2D eigenvalue weighted by Gasteiger charge is 2.51. The fraction of sp³-hybridized carbons (Fsp3) is 0.0800. The summed E-state index contributed by atoms with van der Waals surface area (Å²) >= 11 is 0. The molecule has 1 aromatic heterocycles. The Balaban J connectivity index is 1.13. The number of aromatic nitrogens is 1. The van der Waals surface area contributed by atoms with Gasteiger partial charge in [0.1, 0.15) is 0 Å². The highest BCUT2D eigenvalue weighted by molar-refractivity contribution is 6.13. The molecule has 7 aromatic carbocycles. The van der Waals surface area contributed by atoms with Gasteiger partial charge in [-0.2, -0.15) is 0 Å². The van der Waals surface area contributed by atoms with Crippen LogP contribution in [0.15, 0.2) is 170 Å². The Morgan fingerprint density at radius 2 is 1.24 bits per heavy atom. The fourth-order valence-electron chi connectivity index (χ4n) is 9.74. The molecule has 2 heterocycles. The first-order valence-electron chi connectivity index (χ1n) is 18.2. The Morgan fingerprint density at radius 1 is 0.529 bits per heavy atom. The monoisotopic (exact) mass is 649 g/mol. The number of nitrogens with zero attached hydrogens (tertiary/aromatic N) is 1. The Morgan fingerprint density at radius 3 is 2.14 bits per heavy atom. The summed E-state index contributed by atoms with van der Waals surface area (Å²) in [4.78, 5) is 0. The SMILES string of the molecule is Cc1cccc2c1-c1cc(-c3ccc(C4=C(c5ccccc5)C=CCC4)cc3)ccc1C21c2ccccc2-n2c3ccccc3c3cccc1c32. The summed E-state index contributed by atoms with van der Waals surface area (Å²) in [6.07, 6.45) is 6.75. The van der Waals surface area contributed by atoms with E-state index in [1.165, 1.54) is 99.8 Å². The maximum absolute atomic E-state index is 2.52. The summed E-state index contributed by atoms with van der Waals surface area (Å²) in [5.41, 5.74) is 20.8. The number of rotatable bonds is 3. The second kappa shape index (κ2) is 10.7. The minimum Gasteiger partial charge on any atom is -0.309 e. The molecule has 2 aliphatic carbocycles. The first-order chi connectivity index (χ1) is 25.2. The molecule has 0 saturated heterocycles. The molecule has 11 rings (SSSR count). The van der Waals surface area contributed by atoms with E-state index in [0.29, 0.717) is 0 Å². The third-order valence-corrected chi connectivity index (χ3v) is 11.8. The largest absolute Gasteiger partial charge is 0.309 e. The third kappa shape index (κ3) is 3.81. The topological polar surface area (TPSA) is 4.93 Å². The molecular weight excluding hydrogens is 615 g/mol. The van der Waals surface area contributed by atoms with Gasteiger partial charge in [0.15, 0.2) is 0 Å². The van der Waals surface area contributed by atoms with Crippen LogP contribution in [-0.4, -0.2) is 4.57 Å². The van der Waals surface area contributed by atoms with Crippen LogP contribution in [0.4, 0.5) is 0 Å². The molecule has 1 atom stereocenters. The molecule has 1 spiro atoms. The molecule has 0 bridgehead atoms. The van der Waals surface area contributed by atoms with Crippen LogP contribution in [0.5, 0.6) is 0 Å². The van der Waals surface area contributed by atoms with Crippen LogP contribution in [0.25, 0.3) is 60.9 Å². The molecule has 0 radical (unpaired) electrons. The maximum atomic E-state index is 2.52. The van der Waals surface area contributed by atoms with Crippen LogP contribution >= 0.6 is 0 Å². The fourth-order valence-corrected chi connectivity index (χ4v) is 9.74. The van der Waals surface area contributed by atoms with Crippen LogP contribution < -0.4 is 0 Å². The number of para-hydroxylation sites is 3. The average Bonchev–Trinajstić information content (AvgIpc) is 3.69. The van der Waals surface area contributed by atoms with Crippen LogP contribution in [0.3, 0.4) is 0 Å². The van der Waals surface area contributed by atoms with E-state index >= 15 is 0 Å². The second-order valence-corrected chi connectivity index (χ2v) is 14.4. The van der Waals surface area contributed by atoms with Crippen molar-refractivity contribution < 1.29 is 0 Å². The zero-order chi connectivity index (χ0) is 33.7. The maximum Gasteiger partial charge on any atom is 0.0754 e. The number of fused-ring (bicyclic) bond motifs is 12. The summed E-state index contributed by atoms with van der Waals surface area (Å²) < 4.78 is 2.52. The molecule has 0 saturated carbocycles. The highest BCUT2D eigenvalue weighted by atomic mass is 15.0. The van der Waals surface area contributed by atoms with Crippen molar-refractivity contribution in [2.24, 2.45) is 0 Å². The van der Waals surface area contributed by atoms with Gasteiger partial charge in [0.2, 0.25) is 0 Å². The quantitative estimate of drug-likeness (QED) is 0.179. The van der Waals surface area contributed by atoms with Crippen molar-refractivity contribution >= 4 is 33.0 Å². The molecule has 0 N–H and O–H groups in total. The molecule has 240 valence electrons. The van der Waals surface area contributed by atoms with Gasteiger partial charge in [0.05, 0.1) is 22.1 Å². The van der Waals surface area contributed by atoms with E-state index in [2.05, 4.69) is 181 Å². The number of aryl methyl sites for hydroxylation is 1. The van der Waals surface area contributed by atoms with Crippen molar-refractivity contribution in [3.8, 4) is 27.9 Å². The van der Waals surface area contributed by atoms with Gasteiger partial charge in [0, 0.05) is 10.8 Å². The van der Waals surface area contributed by atoms with Gasteiger partial charge in [0.25, 0.3) is 0 Å². The van der Waals surface area contributed by atoms with Crippen molar-refractivity contribution in [1.82, 2.24) is 4.57 Å². The summed E-state index contributed by atoms with van der Waals surface area (Å²) in [7, 11) is 0. The predicted octanol–water partition coefficient (Wildman–Crippen LogP) is 12.7. The van der Waals surface area contributed by atoms with Crippen LogP contribution in [0, 0.1) is 6.92 Å². The van der Waals surface area contributed by atoms with Crippen LogP contribution in [-0.2, 0) is 5.41 Å². The average molecular weight is 650 g/mol. The van der Waals surface area contributed by atoms with Gasteiger partial charge in [-0.15, -0.1) is 0 Å². The van der Waals surface area contributed by atoms with Gasteiger partial charge in [-0.25, -0.2) is 0 Å². The number of benzene rings is 7. The standard InChI is InChI=1S/C50H35N/c1-32-13-11-21-44-48(32)41-31-36(33-25-27-35(28-26-33)38-17-6-5-16-37(38)34-14-3-2-4-15-34)29-30-42(41)50(44)43-20-8-10-24-47(43)51-46-23-9-7-18-39(46)40-19-12-22-45(50)49(40)51/h2-5,7-16,18-31H,6,17H2,1H3. The van der Waals surface area contributed by atoms with Crippen molar-refractivity contribution in [3.05, 3.63) is 209 Å². The van der Waals surface area contributed by atoms with Crippen LogP contribution in [0.2, 0.25) is 0 Å². The van der Waals surface area contributed by atoms with E-state index in [0.717, 1.165) is 12.8 Å². The minimum absolute atomic E-state index is 0.422. The van der Waals surface area contributed by atoms with E-state index in [1.54, 1.807) is 0 Å². The molecule has 1 heteroatoms. The third-order valence-electron chi connectivity index (χ3n) is 11.8. The van der Waals surface area contributed by atoms with Crippen molar-refractivity contribution in [2.75, 3.05) is 0 Å². The highest BCUT2D eigenvalue weighted by Crippen LogP contribution is 2.61. The van der Waals surface area contributed by atoms with E-state index in [9.17, 15) is 0 Å². The summed E-state index contributed by atoms with van der Waals surface area (Å²) in [6, 6.07) is 59.3. The van der Waals surface area contributed by atoms with Crippen molar-refractivity contribution in [3.63, 3.8) is 0 Å². The molecular formula is C50H35N. The summed E-state index contributed by atoms with van der Waals surface area (Å²) in [6.45, 7) is 2.28. The smallest absolute Gasteiger partial charge is 0.0754 e. The van der Waals surface area contributed by atoms with E-state index in [-0.39, 0.29) is 0 Å². The minimum atomic E-state index is -0.422. The molecule has 1 aliphatic heterocycles. The first-order valence-corrected chi connectivity index (χ1v) is 18.2. The van der Waals surface area contributed by atoms with Crippen molar-refractivity contribution in [1.29, 1.82) is 0 Å². The zero-order valence-corrected chi connectivity index (χ0v) is 28.5. The molecule has 51 heavy (non-hydrogen) atoms. The second-order valence-electron chi connectivity index (χ2n) is 14.4. The van der Waals surface area contributed by atoms with Gasteiger partial charge in [-0.1, -0.05) is 152 Å². The van der Waals surface area contributed by atoms with E-state index in [1.807, 2.05) is 0 Å². The Kier molecular flexibility index (Phi) is 5.99. The number of hydrogen-bond acceptors (Lipinski definition) is 0. The summed E-state index contributed by atoms with van der Waals surface area (Å²) in [5, 5.41) is 2.62. The Labute approximate surface area is 298 Å². The van der Waals surface area contributed by atoms with Gasteiger partial charge >= 0.3 is 0 Å². The molecule has 0 fully saturated rings. The Bertz CT molecular complexity index is 2790. The normalized spacial score (nSPS) is 16.9. The Hall–Kier alpha value is -6.18. The van der Waals surface area contributed by atoms with E-state index in [4.69, 9.17) is 0 Å². The van der Waals surface area contributed by atoms with Crippen LogP contribution in [0.1, 0.15) is 51.8 Å². The lowest BCUT2D eigenvalue weighted by Crippen LogP contribution is -2.33. The zero-order valence-electron chi connectivity index (χ0n) is 28.5. The molecule has 3 aliphatic rings.